The molecule has 4 aliphatic rings. The van der Waals surface area contributed by atoms with Gasteiger partial charge >= 0.3 is 55.7 Å². The molecule has 672 valence electrons. The van der Waals surface area contributed by atoms with E-state index in [1.165, 1.54) is 0 Å². The van der Waals surface area contributed by atoms with Crippen LogP contribution in [0.4, 0.5) is 263 Å². The summed E-state index contributed by atoms with van der Waals surface area (Å²) >= 11 is 0. The van der Waals surface area contributed by atoms with Crippen LogP contribution in [0.2, 0.25) is 0 Å². The van der Waals surface area contributed by atoms with Crippen LogP contribution in [0.1, 0.15) is 22.3 Å². The van der Waals surface area contributed by atoms with Crippen molar-refractivity contribution in [1.82, 2.24) is 0 Å². The Bertz CT molecular complexity index is 4330. The first kappa shape index (κ1) is 103. The van der Waals surface area contributed by atoms with Crippen LogP contribution in [-0.2, 0) is 21.7 Å². The van der Waals surface area contributed by atoms with Gasteiger partial charge in [-0.1, -0.05) is 0 Å². The van der Waals surface area contributed by atoms with Crippen molar-refractivity contribution in [3.63, 3.8) is 0 Å². The van der Waals surface area contributed by atoms with Gasteiger partial charge in [-0.25, -0.2) is 176 Å². The molecule has 0 saturated carbocycles. The summed E-state index contributed by atoms with van der Waals surface area (Å²) in [7, 11) is -2.17. The van der Waals surface area contributed by atoms with E-state index in [0.717, 1.165) is 0 Å². The van der Waals surface area contributed by atoms with Crippen molar-refractivity contribution < 1.29 is 278 Å². The Labute approximate surface area is 612 Å². The van der Waals surface area contributed by atoms with Gasteiger partial charge in [-0.2, -0.15) is 87.8 Å². The smallest absolute Gasteiger partial charge is 0.402 e. The quantitative estimate of drug-likeness (QED) is 0.0713. The SMILES string of the molecule is FC1=C(F)C(F)C(c2c(F)c(F)c(F)c(F)c2F)(C(F)(F)C(F)(F)F)C(F)=C1F.FC1=C(F)C(F)C(c2c(F)c(F)c(F)c(F)c2F)(C(F)(F)C(F)(F)F)C(F)=C1F.FC1=C(F)C(F)C(c2c(F)c(F)c(F)c(F)c2F)(C(F)(F)C(F)(F)F)C(F)=C1F.FC1=C(F)C(F)C(c2c(F)c(F)c(F)c(F)c2F)(C(F)(F)C(F)(F)F)C(F)=C1F.OB(O)O. The number of benzene rings is 4. The number of hydrogen-bond donors (Lipinski definition) is 3. The van der Waals surface area contributed by atoms with Gasteiger partial charge in [0.1, 0.15) is 0 Å². The minimum atomic E-state index is -7.29. The summed E-state index contributed by atoms with van der Waals surface area (Å²) in [4.78, 5) is 0. The Morgan fingerprint density at radius 2 is 0.267 bits per heavy atom. The summed E-state index contributed by atoms with van der Waals surface area (Å²) in [6, 6.07) is 0. The lowest BCUT2D eigenvalue weighted by Crippen LogP contribution is -2.62. The number of rotatable bonds is 8. The summed E-state index contributed by atoms with van der Waals surface area (Å²) in [5.74, 6) is -155. The number of alkyl halides is 24. The fraction of sp³-hybridized carbons (Fsp3) is 0.286. The van der Waals surface area contributed by atoms with Gasteiger partial charge in [0.05, 0.1) is 22.3 Å². The highest BCUT2D eigenvalue weighted by Crippen LogP contribution is 2.68. The van der Waals surface area contributed by atoms with Crippen LogP contribution in [0.25, 0.3) is 0 Å². The van der Waals surface area contributed by atoms with Crippen LogP contribution in [0.3, 0.4) is 0 Å². The maximum absolute atomic E-state index is 14.2. The molecule has 120 heavy (non-hydrogen) atoms. The first-order valence-electron chi connectivity index (χ1n) is 27.5. The minimum Gasteiger partial charge on any atom is -0.402 e. The summed E-state index contributed by atoms with van der Waals surface area (Å²) in [6.07, 6.45) is -49.6. The lowest BCUT2D eigenvalue weighted by atomic mass is 9.66. The lowest BCUT2D eigenvalue weighted by Gasteiger charge is -2.43. The number of allylic oxidation sites excluding steroid dienone is 16. The Morgan fingerprint density at radius 1 is 0.175 bits per heavy atom. The highest BCUT2D eigenvalue weighted by atomic mass is 19.5. The minimum absolute atomic E-state index is 2.17. The van der Waals surface area contributed by atoms with E-state index >= 15 is 0 Å². The Hall–Kier alpha value is -9.46. The molecule has 8 rings (SSSR count). The molecule has 8 unspecified atom stereocenters. The van der Waals surface area contributed by atoms with E-state index in [0.29, 0.717) is 0 Å². The van der Waals surface area contributed by atoms with Crippen molar-refractivity contribution in [1.29, 1.82) is 0 Å². The number of hydrogen-bond acceptors (Lipinski definition) is 3. The van der Waals surface area contributed by atoms with Crippen LogP contribution >= 0.6 is 0 Å². The summed E-state index contributed by atoms with van der Waals surface area (Å²) in [6.45, 7) is 0. The van der Waals surface area contributed by atoms with Crippen LogP contribution in [0.15, 0.2) is 93.2 Å². The molecular weight excluding hydrogens is 1870 g/mol. The van der Waals surface area contributed by atoms with E-state index in [1.807, 2.05) is 0 Å². The maximum Gasteiger partial charge on any atom is 0.631 e. The molecule has 0 aromatic heterocycles. The van der Waals surface area contributed by atoms with E-state index < -0.39 is 334 Å². The third-order valence-corrected chi connectivity index (χ3v) is 16.0. The van der Waals surface area contributed by atoms with Gasteiger partial charge < -0.3 is 15.1 Å². The fourth-order valence-corrected chi connectivity index (χ4v) is 10.6. The molecule has 0 bridgehead atoms. The highest BCUT2D eigenvalue weighted by Gasteiger charge is 2.84. The van der Waals surface area contributed by atoms with Gasteiger partial charge in [-0.05, 0) is 0 Å². The topological polar surface area (TPSA) is 60.7 Å². The fourth-order valence-electron chi connectivity index (χ4n) is 10.6. The average Bonchev–Trinajstić information content (AvgIpc) is 0.703. The summed E-state index contributed by atoms with van der Waals surface area (Å²) in [5.41, 5.74) is -39.2. The van der Waals surface area contributed by atoms with E-state index in [4.69, 9.17) is 15.1 Å². The molecule has 0 amide bonds. The largest absolute Gasteiger partial charge is 0.631 e. The summed E-state index contributed by atoms with van der Waals surface area (Å²) in [5, 5.41) is 21.5. The summed E-state index contributed by atoms with van der Waals surface area (Å²) < 4.78 is 811. The van der Waals surface area contributed by atoms with Crippen molar-refractivity contribution in [3.05, 3.63) is 232 Å². The molecule has 4 aliphatic carbocycles. The predicted octanol–water partition coefficient (Wildman–Crippen LogP) is 23.8. The molecule has 4 aromatic rings. The third-order valence-electron chi connectivity index (χ3n) is 16.0. The predicted molar refractivity (Wildman–Crippen MR) is 262 cm³/mol. The molecule has 0 saturated heterocycles. The Balaban J connectivity index is 0.000000331. The molecule has 64 heteroatoms. The van der Waals surface area contributed by atoms with Crippen molar-refractivity contribution >= 4 is 7.32 Å². The van der Waals surface area contributed by atoms with E-state index in [2.05, 4.69) is 0 Å². The highest BCUT2D eigenvalue weighted by molar-refractivity contribution is 6.30. The molecule has 4 aromatic carbocycles. The van der Waals surface area contributed by atoms with E-state index in [1.54, 1.807) is 0 Å². The van der Waals surface area contributed by atoms with Crippen LogP contribution < -0.4 is 0 Å². The zero-order valence-electron chi connectivity index (χ0n) is 52.9. The van der Waals surface area contributed by atoms with Crippen LogP contribution in [-0.4, -0.2) is 95.5 Å². The molecule has 0 heterocycles. The number of halogens is 60. The van der Waals surface area contributed by atoms with Crippen molar-refractivity contribution in [2.45, 2.75) is 94.7 Å². The van der Waals surface area contributed by atoms with Crippen LogP contribution in [0, 0.1) is 116 Å². The molecule has 0 fully saturated rings. The van der Waals surface area contributed by atoms with Gasteiger partial charge in [0.15, 0.2) is 233 Å². The van der Waals surface area contributed by atoms with Gasteiger partial charge in [0, 0.05) is 0 Å². The van der Waals surface area contributed by atoms with Gasteiger partial charge in [0.2, 0.25) is 23.3 Å². The second kappa shape index (κ2) is 33.1. The monoisotopic (exact) mass is 1880 g/mol. The Kier molecular flexibility index (Phi) is 28.4. The van der Waals surface area contributed by atoms with Crippen molar-refractivity contribution in [3.8, 4) is 0 Å². The molecule has 8 atom stereocenters. The molecule has 0 aliphatic heterocycles. The second-order valence-corrected chi connectivity index (χ2v) is 22.3. The molecule has 3 N–H and O–H groups in total. The standard InChI is InChI=1S/4C14HF15.BH3O3/c4*15-2-1(3(16)5(18)6(19)4(2)17)12(13(25,26)14(27,28)29)10(23)8(21)7(20)9(22)11(12)24;2-1(3)4/h4*10H;2-4H. The zero-order chi connectivity index (χ0) is 95.0. The maximum atomic E-state index is 14.2. The molecule has 0 radical (unpaired) electrons. The van der Waals surface area contributed by atoms with E-state index in [9.17, 15) is 263 Å². The van der Waals surface area contributed by atoms with Crippen molar-refractivity contribution in [2.75, 3.05) is 0 Å². The van der Waals surface area contributed by atoms with Gasteiger partial charge in [0.25, 0.3) is 0 Å². The third kappa shape index (κ3) is 14.5. The molecular formula is C56H7BF60O3. The first-order valence-corrected chi connectivity index (χ1v) is 27.5. The van der Waals surface area contributed by atoms with E-state index in [-0.39, 0.29) is 0 Å². The van der Waals surface area contributed by atoms with Crippen molar-refractivity contribution in [2.24, 2.45) is 0 Å². The van der Waals surface area contributed by atoms with Gasteiger partial charge in [-0.15, -0.1) is 0 Å². The second-order valence-electron chi connectivity index (χ2n) is 22.3. The Morgan fingerprint density at radius 3 is 0.358 bits per heavy atom. The average molecular weight is 1880 g/mol. The molecule has 3 nitrogen and oxygen atoms in total. The zero-order valence-corrected chi connectivity index (χ0v) is 52.9. The normalized spacial score (nSPS) is 23.3. The molecule has 0 spiro atoms. The van der Waals surface area contributed by atoms with Gasteiger partial charge in [-0.3, -0.25) is 0 Å². The first-order chi connectivity index (χ1) is 53.6. The van der Waals surface area contributed by atoms with Crippen LogP contribution in [0.5, 0.6) is 0 Å². The lowest BCUT2D eigenvalue weighted by molar-refractivity contribution is -0.314.